The number of aromatic nitrogens is 3. The first-order valence-corrected chi connectivity index (χ1v) is 6.98. The maximum atomic E-state index is 10.4. The third-order valence-corrected chi connectivity index (χ3v) is 4.17. The smallest absolute Gasteiger partial charge is 0.138 e. The van der Waals surface area contributed by atoms with Gasteiger partial charge >= 0.3 is 0 Å². The van der Waals surface area contributed by atoms with Crippen molar-refractivity contribution in [3.63, 3.8) is 0 Å². The average Bonchev–Trinajstić information content (AvgIpc) is 3.06. The van der Waals surface area contributed by atoms with Crippen molar-refractivity contribution < 1.29 is 9.84 Å². The highest BCUT2D eigenvalue weighted by Crippen LogP contribution is 2.40. The van der Waals surface area contributed by atoms with Crippen LogP contribution in [0.5, 0.6) is 0 Å². The van der Waals surface area contributed by atoms with Gasteiger partial charge in [0.1, 0.15) is 12.2 Å². The van der Waals surface area contributed by atoms with Crippen molar-refractivity contribution in [1.82, 2.24) is 14.8 Å². The lowest BCUT2D eigenvalue weighted by molar-refractivity contribution is 0.0418. The second-order valence-corrected chi connectivity index (χ2v) is 5.44. The summed E-state index contributed by atoms with van der Waals surface area (Å²) in [7, 11) is 0. The van der Waals surface area contributed by atoms with Gasteiger partial charge in [0.25, 0.3) is 0 Å². The van der Waals surface area contributed by atoms with Gasteiger partial charge in [-0.25, -0.2) is 4.98 Å². The lowest BCUT2D eigenvalue weighted by Crippen LogP contribution is -2.31. The first kappa shape index (κ1) is 12.1. The Hall–Kier alpha value is -0.940. The van der Waals surface area contributed by atoms with E-state index >= 15 is 0 Å². The molecule has 2 bridgehead atoms. The van der Waals surface area contributed by atoms with Crippen molar-refractivity contribution in [2.45, 2.75) is 63.9 Å². The van der Waals surface area contributed by atoms with Crippen LogP contribution < -0.4 is 0 Å². The van der Waals surface area contributed by atoms with Gasteiger partial charge in [-0.05, 0) is 25.7 Å². The number of hydrogen-bond acceptors (Lipinski definition) is 4. The Bertz CT molecular complexity index is 407. The zero-order valence-corrected chi connectivity index (χ0v) is 10.8. The van der Waals surface area contributed by atoms with Crippen molar-refractivity contribution in [3.8, 4) is 0 Å². The molecule has 3 rings (SSSR count). The van der Waals surface area contributed by atoms with E-state index in [1.165, 1.54) is 6.42 Å². The molecule has 2 aliphatic rings. The first-order valence-electron chi connectivity index (χ1n) is 6.98. The molecule has 4 atom stereocenters. The van der Waals surface area contributed by atoms with E-state index in [1.54, 1.807) is 6.33 Å². The van der Waals surface area contributed by atoms with Crippen LogP contribution in [0.4, 0.5) is 0 Å². The fraction of sp³-hybridized carbons (Fsp3) is 0.846. The highest BCUT2D eigenvalue weighted by molar-refractivity contribution is 4.97. The van der Waals surface area contributed by atoms with Crippen molar-refractivity contribution >= 4 is 0 Å². The minimum atomic E-state index is -0.347. The van der Waals surface area contributed by atoms with Gasteiger partial charge in [0.2, 0.25) is 0 Å². The van der Waals surface area contributed by atoms with Crippen molar-refractivity contribution in [3.05, 3.63) is 12.2 Å². The molecule has 1 aromatic rings. The molecular formula is C13H21N3O2. The number of nitrogens with zero attached hydrogens (tertiary/aromatic N) is 3. The van der Waals surface area contributed by atoms with Crippen LogP contribution in [0.2, 0.25) is 0 Å². The third kappa shape index (κ3) is 2.17. The quantitative estimate of drug-likeness (QED) is 0.853. The molecule has 0 spiro atoms. The molecule has 0 amide bonds. The maximum absolute atomic E-state index is 10.4. The molecule has 0 aliphatic carbocycles. The van der Waals surface area contributed by atoms with Gasteiger partial charge in [-0.15, -0.1) is 0 Å². The molecule has 2 fully saturated rings. The van der Waals surface area contributed by atoms with Crippen LogP contribution in [-0.2, 0) is 17.7 Å². The molecule has 2 aliphatic heterocycles. The van der Waals surface area contributed by atoms with Crippen LogP contribution in [0.1, 0.15) is 38.4 Å². The van der Waals surface area contributed by atoms with Gasteiger partial charge in [-0.1, -0.05) is 6.92 Å². The molecule has 5 nitrogen and oxygen atoms in total. The summed E-state index contributed by atoms with van der Waals surface area (Å²) in [5.74, 6) is 1.18. The number of ether oxygens (including phenoxy) is 1. The topological polar surface area (TPSA) is 60.2 Å². The molecule has 5 heteroatoms. The molecule has 2 saturated heterocycles. The Morgan fingerprint density at radius 2 is 2.44 bits per heavy atom. The van der Waals surface area contributed by atoms with E-state index in [0.29, 0.717) is 12.5 Å². The first-order chi connectivity index (χ1) is 8.78. The summed E-state index contributed by atoms with van der Waals surface area (Å²) in [5, 5.41) is 14.6. The Labute approximate surface area is 107 Å². The van der Waals surface area contributed by atoms with Gasteiger partial charge in [0, 0.05) is 18.9 Å². The summed E-state index contributed by atoms with van der Waals surface area (Å²) in [5.41, 5.74) is 0. The molecule has 100 valence electrons. The van der Waals surface area contributed by atoms with Crippen LogP contribution in [0, 0.1) is 5.92 Å². The average molecular weight is 251 g/mol. The third-order valence-electron chi connectivity index (χ3n) is 4.17. The molecular weight excluding hydrogens is 230 g/mol. The number of rotatable bonds is 5. The van der Waals surface area contributed by atoms with Gasteiger partial charge in [0.05, 0.1) is 18.3 Å². The molecule has 0 radical (unpaired) electrons. The summed E-state index contributed by atoms with van der Waals surface area (Å²) in [6.45, 7) is 2.99. The normalized spacial score (nSPS) is 32.0. The minimum Gasteiger partial charge on any atom is -0.392 e. The molecule has 1 aromatic heterocycles. The van der Waals surface area contributed by atoms with E-state index in [2.05, 4.69) is 17.0 Å². The lowest BCUT2D eigenvalue weighted by Gasteiger charge is -2.24. The van der Waals surface area contributed by atoms with Crippen LogP contribution in [-0.4, -0.2) is 38.2 Å². The fourth-order valence-electron chi connectivity index (χ4n) is 3.27. The number of aliphatic hydroxyl groups is 1. The van der Waals surface area contributed by atoms with Crippen LogP contribution >= 0.6 is 0 Å². The second kappa shape index (κ2) is 4.97. The highest BCUT2D eigenvalue weighted by atomic mass is 16.5. The number of hydrogen-bond donors (Lipinski definition) is 1. The van der Waals surface area contributed by atoms with Gasteiger partial charge in [0.15, 0.2) is 0 Å². The molecule has 4 unspecified atom stereocenters. The predicted octanol–water partition coefficient (Wildman–Crippen LogP) is 1.16. The SMILES string of the molecule is CCCn1ncnc1CC(O)C1CC2CCC1O2. The van der Waals surface area contributed by atoms with Gasteiger partial charge in [-0.2, -0.15) is 5.10 Å². The monoisotopic (exact) mass is 251 g/mol. The summed E-state index contributed by atoms with van der Waals surface area (Å²) >= 11 is 0. The van der Waals surface area contributed by atoms with E-state index < -0.39 is 0 Å². The summed E-state index contributed by atoms with van der Waals surface area (Å²) in [6.07, 6.45) is 6.80. The molecule has 18 heavy (non-hydrogen) atoms. The Balaban J connectivity index is 1.63. The van der Waals surface area contributed by atoms with E-state index in [1.807, 2.05) is 4.68 Å². The Kier molecular flexibility index (Phi) is 3.35. The Morgan fingerprint density at radius 1 is 1.56 bits per heavy atom. The van der Waals surface area contributed by atoms with E-state index in [4.69, 9.17) is 4.74 Å². The van der Waals surface area contributed by atoms with Crippen molar-refractivity contribution in [1.29, 1.82) is 0 Å². The van der Waals surface area contributed by atoms with E-state index in [0.717, 1.165) is 31.6 Å². The predicted molar refractivity (Wildman–Crippen MR) is 66.0 cm³/mol. The molecule has 1 N–H and O–H groups in total. The fourth-order valence-corrected chi connectivity index (χ4v) is 3.27. The molecule has 0 saturated carbocycles. The zero-order valence-electron chi connectivity index (χ0n) is 10.8. The van der Waals surface area contributed by atoms with Crippen molar-refractivity contribution in [2.75, 3.05) is 0 Å². The summed E-state index contributed by atoms with van der Waals surface area (Å²) < 4.78 is 7.70. The maximum Gasteiger partial charge on any atom is 0.138 e. The lowest BCUT2D eigenvalue weighted by atomic mass is 9.84. The second-order valence-electron chi connectivity index (χ2n) is 5.44. The highest BCUT2D eigenvalue weighted by Gasteiger charge is 2.44. The van der Waals surface area contributed by atoms with Crippen LogP contribution in [0.15, 0.2) is 6.33 Å². The van der Waals surface area contributed by atoms with Gasteiger partial charge in [-0.3, -0.25) is 4.68 Å². The molecule has 0 aromatic carbocycles. The summed E-state index contributed by atoms with van der Waals surface area (Å²) in [6, 6.07) is 0. The minimum absolute atomic E-state index is 0.271. The largest absolute Gasteiger partial charge is 0.392 e. The van der Waals surface area contributed by atoms with Crippen LogP contribution in [0.3, 0.4) is 0 Å². The summed E-state index contributed by atoms with van der Waals surface area (Å²) in [4.78, 5) is 4.26. The number of aliphatic hydroxyl groups excluding tert-OH is 1. The van der Waals surface area contributed by atoms with E-state index in [9.17, 15) is 5.11 Å². The number of fused-ring (bicyclic) bond motifs is 2. The van der Waals surface area contributed by atoms with Crippen LogP contribution in [0.25, 0.3) is 0 Å². The number of aryl methyl sites for hydroxylation is 1. The van der Waals surface area contributed by atoms with Gasteiger partial charge < -0.3 is 9.84 Å². The Morgan fingerprint density at radius 3 is 3.11 bits per heavy atom. The standard InChI is InChI=1S/C13H21N3O2/c1-2-5-16-13(14-8-15-16)7-11(17)10-6-9-3-4-12(10)18-9/h8-12,17H,2-7H2,1H3. The molecule has 3 heterocycles. The van der Waals surface area contributed by atoms with E-state index in [-0.39, 0.29) is 18.1 Å². The van der Waals surface area contributed by atoms with Crippen molar-refractivity contribution in [2.24, 2.45) is 5.92 Å². The zero-order chi connectivity index (χ0) is 12.5.